The molecule has 4 nitrogen and oxygen atoms in total. The molecule has 2 heterocycles. The highest BCUT2D eigenvalue weighted by atomic mass is 16.2. The minimum absolute atomic E-state index is 0.0636. The van der Waals surface area contributed by atoms with E-state index in [0.717, 1.165) is 18.8 Å². The number of hydrogen-bond acceptors (Lipinski definition) is 2. The summed E-state index contributed by atoms with van der Waals surface area (Å²) in [7, 11) is 0. The Morgan fingerprint density at radius 1 is 1.15 bits per heavy atom. The Kier molecular flexibility index (Phi) is 2.62. The number of rotatable bonds is 1. The van der Waals surface area contributed by atoms with E-state index in [1.165, 1.54) is 29.8 Å². The molecule has 0 fully saturated rings. The number of fused-ring (bicyclic) bond motifs is 3. The number of nitrogens with one attached hydrogen (secondary N) is 1. The van der Waals surface area contributed by atoms with Gasteiger partial charge in [-0.15, -0.1) is 0 Å². The van der Waals surface area contributed by atoms with Gasteiger partial charge < -0.3 is 4.57 Å². The molecule has 102 valence electrons. The first-order valence-corrected chi connectivity index (χ1v) is 7.28. The number of anilines is 1. The van der Waals surface area contributed by atoms with Crippen LogP contribution in [0.15, 0.2) is 30.3 Å². The van der Waals surface area contributed by atoms with E-state index in [1.807, 2.05) is 18.2 Å². The SMILES string of the molecule is O=C1C[C@H](c2ccccc2)n2c(nc3c2CCCC3)N1. The zero-order valence-corrected chi connectivity index (χ0v) is 11.3. The van der Waals surface area contributed by atoms with E-state index in [1.54, 1.807) is 0 Å². The third-order valence-corrected chi connectivity index (χ3v) is 4.30. The molecule has 0 bridgehead atoms. The molecule has 1 aliphatic carbocycles. The van der Waals surface area contributed by atoms with Crippen LogP contribution in [0.1, 0.15) is 42.3 Å². The fourth-order valence-corrected chi connectivity index (χ4v) is 3.37. The molecule has 0 unspecified atom stereocenters. The highest BCUT2D eigenvalue weighted by Crippen LogP contribution is 2.35. The highest BCUT2D eigenvalue weighted by molar-refractivity contribution is 5.91. The van der Waals surface area contributed by atoms with Crippen LogP contribution in [0.2, 0.25) is 0 Å². The van der Waals surface area contributed by atoms with Crippen molar-refractivity contribution in [2.24, 2.45) is 0 Å². The minimum Gasteiger partial charge on any atom is -0.306 e. The van der Waals surface area contributed by atoms with Crippen molar-refractivity contribution in [1.82, 2.24) is 9.55 Å². The zero-order chi connectivity index (χ0) is 13.5. The van der Waals surface area contributed by atoms with Gasteiger partial charge in [0.2, 0.25) is 11.9 Å². The lowest BCUT2D eigenvalue weighted by molar-refractivity contribution is -0.117. The van der Waals surface area contributed by atoms with Crippen molar-refractivity contribution < 1.29 is 4.79 Å². The van der Waals surface area contributed by atoms with Gasteiger partial charge in [-0.3, -0.25) is 10.1 Å². The fraction of sp³-hybridized carbons (Fsp3) is 0.375. The molecule has 2 aromatic rings. The number of benzene rings is 1. The maximum atomic E-state index is 12.0. The largest absolute Gasteiger partial charge is 0.306 e. The molecule has 4 rings (SSSR count). The van der Waals surface area contributed by atoms with Crippen LogP contribution in [-0.4, -0.2) is 15.5 Å². The summed E-state index contributed by atoms with van der Waals surface area (Å²) >= 11 is 0. The van der Waals surface area contributed by atoms with Crippen molar-refractivity contribution in [3.05, 3.63) is 47.3 Å². The summed E-state index contributed by atoms with van der Waals surface area (Å²) in [4.78, 5) is 16.6. The smallest absolute Gasteiger partial charge is 0.229 e. The molecule has 1 aromatic carbocycles. The van der Waals surface area contributed by atoms with E-state index in [9.17, 15) is 4.79 Å². The normalized spacial score (nSPS) is 21.0. The van der Waals surface area contributed by atoms with Crippen molar-refractivity contribution in [3.8, 4) is 0 Å². The summed E-state index contributed by atoms with van der Waals surface area (Å²) in [5.41, 5.74) is 3.68. The predicted octanol–water partition coefficient (Wildman–Crippen LogP) is 2.69. The summed E-state index contributed by atoms with van der Waals surface area (Å²) in [5.74, 6) is 0.802. The number of imidazole rings is 1. The quantitative estimate of drug-likeness (QED) is 0.863. The van der Waals surface area contributed by atoms with Crippen LogP contribution >= 0.6 is 0 Å². The molecule has 1 aromatic heterocycles. The van der Waals surface area contributed by atoms with Crippen LogP contribution in [-0.2, 0) is 17.6 Å². The molecule has 1 N–H and O–H groups in total. The lowest BCUT2D eigenvalue weighted by Gasteiger charge is -2.28. The van der Waals surface area contributed by atoms with Crippen LogP contribution in [0.25, 0.3) is 0 Å². The summed E-state index contributed by atoms with van der Waals surface area (Å²) in [6, 6.07) is 10.4. The average molecular weight is 267 g/mol. The summed E-state index contributed by atoms with van der Waals surface area (Å²) in [6.07, 6.45) is 5.02. The maximum absolute atomic E-state index is 12.0. The summed E-state index contributed by atoms with van der Waals surface area (Å²) < 4.78 is 2.26. The Labute approximate surface area is 117 Å². The van der Waals surface area contributed by atoms with Crippen molar-refractivity contribution >= 4 is 11.9 Å². The number of aryl methyl sites for hydroxylation is 1. The second-order valence-corrected chi connectivity index (χ2v) is 5.58. The van der Waals surface area contributed by atoms with E-state index in [2.05, 4.69) is 27.0 Å². The maximum Gasteiger partial charge on any atom is 0.229 e. The van der Waals surface area contributed by atoms with Gasteiger partial charge in [0.1, 0.15) is 0 Å². The summed E-state index contributed by atoms with van der Waals surface area (Å²) in [6.45, 7) is 0. The molecule has 1 aliphatic heterocycles. The predicted molar refractivity (Wildman–Crippen MR) is 76.7 cm³/mol. The first kappa shape index (κ1) is 11.7. The topological polar surface area (TPSA) is 46.9 Å². The number of nitrogens with zero attached hydrogens (tertiary/aromatic N) is 2. The van der Waals surface area contributed by atoms with Gasteiger partial charge in [-0.2, -0.15) is 0 Å². The second kappa shape index (κ2) is 4.47. The molecule has 2 aliphatic rings. The van der Waals surface area contributed by atoms with E-state index in [4.69, 9.17) is 0 Å². The highest BCUT2D eigenvalue weighted by Gasteiger charge is 2.31. The third kappa shape index (κ3) is 1.75. The molecule has 4 heteroatoms. The molecule has 0 saturated heterocycles. The summed E-state index contributed by atoms with van der Waals surface area (Å²) in [5, 5.41) is 2.93. The number of hydrogen-bond donors (Lipinski definition) is 1. The minimum atomic E-state index is 0.0636. The molecule has 1 amide bonds. The van der Waals surface area contributed by atoms with Crippen molar-refractivity contribution in [3.63, 3.8) is 0 Å². The molecular formula is C16H17N3O. The van der Waals surface area contributed by atoms with Crippen molar-refractivity contribution in [2.45, 2.75) is 38.1 Å². The molecular weight excluding hydrogens is 250 g/mol. The van der Waals surface area contributed by atoms with Crippen LogP contribution < -0.4 is 5.32 Å². The lowest BCUT2D eigenvalue weighted by atomic mass is 9.98. The Morgan fingerprint density at radius 2 is 1.95 bits per heavy atom. The number of carbonyl (C=O) groups is 1. The average Bonchev–Trinajstić information content (AvgIpc) is 2.85. The zero-order valence-electron chi connectivity index (χ0n) is 11.3. The van der Waals surface area contributed by atoms with Crippen LogP contribution in [0.5, 0.6) is 0 Å². The molecule has 20 heavy (non-hydrogen) atoms. The third-order valence-electron chi connectivity index (χ3n) is 4.30. The monoisotopic (exact) mass is 267 g/mol. The van der Waals surface area contributed by atoms with Crippen LogP contribution in [0.4, 0.5) is 5.95 Å². The van der Waals surface area contributed by atoms with E-state index in [0.29, 0.717) is 6.42 Å². The van der Waals surface area contributed by atoms with E-state index in [-0.39, 0.29) is 11.9 Å². The Balaban J connectivity index is 1.87. The molecule has 0 radical (unpaired) electrons. The first-order valence-electron chi connectivity index (χ1n) is 7.28. The van der Waals surface area contributed by atoms with E-state index < -0.39 is 0 Å². The van der Waals surface area contributed by atoms with Gasteiger partial charge in [0.05, 0.1) is 18.2 Å². The van der Waals surface area contributed by atoms with Gasteiger partial charge in [0.25, 0.3) is 0 Å². The molecule has 0 spiro atoms. The number of aromatic nitrogens is 2. The number of amides is 1. The van der Waals surface area contributed by atoms with Crippen LogP contribution in [0, 0.1) is 0 Å². The van der Waals surface area contributed by atoms with Gasteiger partial charge in [0.15, 0.2) is 0 Å². The van der Waals surface area contributed by atoms with Gasteiger partial charge in [0, 0.05) is 5.69 Å². The van der Waals surface area contributed by atoms with Gasteiger partial charge in [-0.1, -0.05) is 30.3 Å². The first-order chi connectivity index (χ1) is 9.83. The fourth-order valence-electron chi connectivity index (χ4n) is 3.37. The van der Waals surface area contributed by atoms with Gasteiger partial charge >= 0.3 is 0 Å². The lowest BCUT2D eigenvalue weighted by Crippen LogP contribution is -2.29. The Hall–Kier alpha value is -2.10. The number of carbonyl (C=O) groups excluding carboxylic acids is 1. The van der Waals surface area contributed by atoms with Crippen molar-refractivity contribution in [2.75, 3.05) is 5.32 Å². The van der Waals surface area contributed by atoms with Crippen LogP contribution in [0.3, 0.4) is 0 Å². The second-order valence-electron chi connectivity index (χ2n) is 5.58. The van der Waals surface area contributed by atoms with Gasteiger partial charge in [-0.25, -0.2) is 4.98 Å². The van der Waals surface area contributed by atoms with Gasteiger partial charge in [-0.05, 0) is 31.2 Å². The van der Waals surface area contributed by atoms with E-state index >= 15 is 0 Å². The van der Waals surface area contributed by atoms with Crippen molar-refractivity contribution in [1.29, 1.82) is 0 Å². The Morgan fingerprint density at radius 3 is 2.80 bits per heavy atom. The molecule has 0 saturated carbocycles. The molecule has 1 atom stereocenters. The Bertz CT molecular complexity index is 660. The standard InChI is InChI=1S/C16H17N3O/c20-15-10-14(11-6-2-1-3-7-11)19-13-9-5-4-8-12(13)17-16(19)18-15/h1-3,6-7,14H,4-5,8-10H2,(H,17,18,20)/t14-/m1/s1.